The zero-order valence-electron chi connectivity index (χ0n) is 17.2. The molecule has 162 valence electrons. The molecular weight excluding hydrogens is 531 g/mol. The summed E-state index contributed by atoms with van der Waals surface area (Å²) >= 11 is 2.74. The van der Waals surface area contributed by atoms with E-state index in [0.717, 1.165) is 27.8 Å². The quantitative estimate of drug-likeness (QED) is 0.399. The first-order valence-electron chi connectivity index (χ1n) is 9.48. The number of aryl methyl sites for hydroxylation is 2. The Bertz CT molecular complexity index is 1080. The third kappa shape index (κ3) is 5.21. The SMILES string of the molecule is CCOc1cc(/C=C2/SC(=O)N(CC(=O)Nc3c(C)cccc3C)C2=O)cc(I)c1O. The molecular formula is C22H21IN2O5S. The highest BCUT2D eigenvalue weighted by Gasteiger charge is 2.36. The van der Waals surface area contributed by atoms with E-state index in [9.17, 15) is 19.5 Å². The van der Waals surface area contributed by atoms with Crippen LogP contribution in [0.25, 0.3) is 6.08 Å². The van der Waals surface area contributed by atoms with Crippen LogP contribution >= 0.6 is 34.4 Å². The molecule has 2 aromatic carbocycles. The number of amides is 3. The van der Waals surface area contributed by atoms with Gasteiger partial charge in [-0.25, -0.2) is 0 Å². The fourth-order valence-electron chi connectivity index (χ4n) is 3.06. The van der Waals surface area contributed by atoms with Crippen molar-refractivity contribution >= 4 is 63.2 Å². The summed E-state index contributed by atoms with van der Waals surface area (Å²) in [5, 5.41) is 12.4. The summed E-state index contributed by atoms with van der Waals surface area (Å²) < 4.78 is 5.97. The van der Waals surface area contributed by atoms with Gasteiger partial charge in [0.15, 0.2) is 11.5 Å². The lowest BCUT2D eigenvalue weighted by Gasteiger charge is -2.15. The van der Waals surface area contributed by atoms with Gasteiger partial charge < -0.3 is 15.2 Å². The molecule has 3 rings (SSSR count). The maximum Gasteiger partial charge on any atom is 0.294 e. The first-order chi connectivity index (χ1) is 14.7. The zero-order chi connectivity index (χ0) is 22.7. The fraction of sp³-hybridized carbons (Fsp3) is 0.227. The number of imide groups is 1. The summed E-state index contributed by atoms with van der Waals surface area (Å²) in [6.45, 7) is 5.56. The molecule has 0 bridgehead atoms. The highest BCUT2D eigenvalue weighted by atomic mass is 127. The Labute approximate surface area is 198 Å². The number of halogens is 1. The maximum absolute atomic E-state index is 12.8. The number of hydrogen-bond donors (Lipinski definition) is 2. The Morgan fingerprint density at radius 3 is 2.58 bits per heavy atom. The Kier molecular flexibility index (Phi) is 7.26. The number of phenolic OH excluding ortho intramolecular Hbond substituents is 1. The lowest BCUT2D eigenvalue weighted by atomic mass is 10.1. The van der Waals surface area contributed by atoms with Crippen LogP contribution in [0.3, 0.4) is 0 Å². The van der Waals surface area contributed by atoms with E-state index in [1.807, 2.05) is 54.6 Å². The lowest BCUT2D eigenvalue weighted by Crippen LogP contribution is -2.36. The van der Waals surface area contributed by atoms with Gasteiger partial charge in [0.05, 0.1) is 15.1 Å². The van der Waals surface area contributed by atoms with Crippen molar-refractivity contribution in [2.75, 3.05) is 18.5 Å². The van der Waals surface area contributed by atoms with Gasteiger partial charge in [-0.1, -0.05) is 18.2 Å². The molecule has 0 spiro atoms. The lowest BCUT2D eigenvalue weighted by molar-refractivity contribution is -0.127. The molecule has 9 heteroatoms. The van der Waals surface area contributed by atoms with Gasteiger partial charge in [0.2, 0.25) is 5.91 Å². The van der Waals surface area contributed by atoms with E-state index in [1.54, 1.807) is 25.1 Å². The van der Waals surface area contributed by atoms with Crippen molar-refractivity contribution < 1.29 is 24.2 Å². The van der Waals surface area contributed by atoms with Crippen LogP contribution in [0, 0.1) is 17.4 Å². The van der Waals surface area contributed by atoms with Crippen molar-refractivity contribution in [2.24, 2.45) is 0 Å². The van der Waals surface area contributed by atoms with Crippen molar-refractivity contribution in [2.45, 2.75) is 20.8 Å². The Morgan fingerprint density at radius 2 is 1.94 bits per heavy atom. The summed E-state index contributed by atoms with van der Waals surface area (Å²) in [5.41, 5.74) is 3.08. The maximum atomic E-state index is 12.8. The molecule has 2 N–H and O–H groups in total. The molecule has 31 heavy (non-hydrogen) atoms. The Morgan fingerprint density at radius 1 is 1.26 bits per heavy atom. The number of phenols is 1. The summed E-state index contributed by atoms with van der Waals surface area (Å²) in [5.74, 6) is -0.657. The minimum absolute atomic E-state index is 0.0240. The molecule has 1 aliphatic rings. The van der Waals surface area contributed by atoms with Crippen LogP contribution in [-0.4, -0.2) is 40.2 Å². The average molecular weight is 552 g/mol. The van der Waals surface area contributed by atoms with E-state index >= 15 is 0 Å². The Balaban J connectivity index is 1.77. The predicted molar refractivity (Wildman–Crippen MR) is 129 cm³/mol. The van der Waals surface area contributed by atoms with Crippen LogP contribution in [0.1, 0.15) is 23.6 Å². The van der Waals surface area contributed by atoms with Gasteiger partial charge in [-0.2, -0.15) is 0 Å². The number of carbonyl (C=O) groups is 3. The molecule has 1 saturated heterocycles. The van der Waals surface area contributed by atoms with Crippen molar-refractivity contribution in [1.82, 2.24) is 4.90 Å². The smallest absolute Gasteiger partial charge is 0.294 e. The summed E-state index contributed by atoms with van der Waals surface area (Å²) in [6.07, 6.45) is 1.55. The second kappa shape index (κ2) is 9.73. The van der Waals surface area contributed by atoms with Gasteiger partial charge >= 0.3 is 0 Å². The molecule has 0 radical (unpaired) electrons. The van der Waals surface area contributed by atoms with Crippen molar-refractivity contribution in [1.29, 1.82) is 0 Å². The highest BCUT2D eigenvalue weighted by molar-refractivity contribution is 14.1. The summed E-state index contributed by atoms with van der Waals surface area (Å²) in [4.78, 5) is 38.8. The van der Waals surface area contributed by atoms with Gasteiger partial charge in [-0.05, 0) is 90.0 Å². The molecule has 1 aliphatic heterocycles. The van der Waals surface area contributed by atoms with Gasteiger partial charge in [0.25, 0.3) is 11.1 Å². The van der Waals surface area contributed by atoms with E-state index in [2.05, 4.69) is 5.32 Å². The van der Waals surface area contributed by atoms with E-state index < -0.39 is 17.1 Å². The van der Waals surface area contributed by atoms with Crippen molar-refractivity contribution in [3.63, 3.8) is 0 Å². The number of anilines is 1. The number of ether oxygens (including phenoxy) is 1. The van der Waals surface area contributed by atoms with Crippen LogP contribution in [0.4, 0.5) is 10.5 Å². The zero-order valence-corrected chi connectivity index (χ0v) is 20.2. The van der Waals surface area contributed by atoms with Crippen LogP contribution in [-0.2, 0) is 9.59 Å². The van der Waals surface area contributed by atoms with Crippen molar-refractivity contribution in [3.05, 3.63) is 55.5 Å². The molecule has 0 unspecified atom stereocenters. The molecule has 1 fully saturated rings. The van der Waals surface area contributed by atoms with E-state index in [0.29, 0.717) is 27.2 Å². The third-order valence-corrected chi connectivity index (χ3v) is 6.30. The highest BCUT2D eigenvalue weighted by Crippen LogP contribution is 2.36. The van der Waals surface area contributed by atoms with E-state index in [-0.39, 0.29) is 17.2 Å². The van der Waals surface area contributed by atoms with Gasteiger partial charge in [-0.3, -0.25) is 19.3 Å². The minimum Gasteiger partial charge on any atom is -0.504 e. The molecule has 0 atom stereocenters. The number of rotatable bonds is 6. The van der Waals surface area contributed by atoms with Crippen molar-refractivity contribution in [3.8, 4) is 11.5 Å². The normalized spacial score (nSPS) is 15.0. The minimum atomic E-state index is -0.535. The van der Waals surface area contributed by atoms with E-state index in [1.165, 1.54) is 0 Å². The van der Waals surface area contributed by atoms with E-state index in [4.69, 9.17) is 4.74 Å². The molecule has 7 nitrogen and oxygen atoms in total. The number of hydrogen-bond acceptors (Lipinski definition) is 6. The predicted octanol–water partition coefficient (Wildman–Crippen LogP) is 4.69. The number of carbonyl (C=O) groups excluding carboxylic acids is 3. The van der Waals surface area contributed by atoms with Crippen LogP contribution < -0.4 is 10.1 Å². The number of aromatic hydroxyl groups is 1. The second-order valence-corrected chi connectivity index (χ2v) is 9.02. The molecule has 1 heterocycles. The number of nitrogens with zero attached hydrogens (tertiary/aromatic N) is 1. The number of thioether (sulfide) groups is 1. The van der Waals surface area contributed by atoms with Gasteiger partial charge in [0, 0.05) is 5.69 Å². The van der Waals surface area contributed by atoms with Crippen LogP contribution in [0.2, 0.25) is 0 Å². The molecule has 0 aromatic heterocycles. The first kappa shape index (κ1) is 23.1. The second-order valence-electron chi connectivity index (χ2n) is 6.87. The average Bonchev–Trinajstić information content (AvgIpc) is 2.96. The van der Waals surface area contributed by atoms with Crippen LogP contribution in [0.15, 0.2) is 35.2 Å². The Hall–Kier alpha value is -2.53. The standard InChI is InChI=1S/C22H21IN2O5S/c1-4-30-16-9-14(8-15(23)20(16)27)10-17-21(28)25(22(29)31-17)11-18(26)24-19-12(2)6-5-7-13(19)3/h5-10,27H,4,11H2,1-3H3,(H,24,26)/b17-10+. The number of nitrogens with one attached hydrogen (secondary N) is 1. The van der Waals surface area contributed by atoms with Gasteiger partial charge in [-0.15, -0.1) is 0 Å². The topological polar surface area (TPSA) is 95.9 Å². The monoisotopic (exact) mass is 552 g/mol. The summed E-state index contributed by atoms with van der Waals surface area (Å²) in [6, 6.07) is 8.92. The molecule has 2 aromatic rings. The fourth-order valence-corrected chi connectivity index (χ4v) is 4.53. The number of benzene rings is 2. The largest absolute Gasteiger partial charge is 0.504 e. The number of para-hydroxylation sites is 1. The van der Waals surface area contributed by atoms with Crippen LogP contribution in [0.5, 0.6) is 11.5 Å². The molecule has 3 amide bonds. The summed E-state index contributed by atoms with van der Waals surface area (Å²) in [7, 11) is 0. The molecule has 0 aliphatic carbocycles. The van der Waals surface area contributed by atoms with Gasteiger partial charge in [0.1, 0.15) is 6.54 Å². The first-order valence-corrected chi connectivity index (χ1v) is 11.4. The molecule has 0 saturated carbocycles. The third-order valence-electron chi connectivity index (χ3n) is 4.57.